The van der Waals surface area contributed by atoms with Crippen LogP contribution in [0.4, 0.5) is 5.69 Å². The summed E-state index contributed by atoms with van der Waals surface area (Å²) in [6.07, 6.45) is 4.87. The molecule has 4 N–H and O–H groups in total. The van der Waals surface area contributed by atoms with Crippen LogP contribution in [-0.4, -0.2) is 21.9 Å². The minimum absolute atomic E-state index is 0.0437. The number of aromatic nitrogens is 2. The van der Waals surface area contributed by atoms with E-state index in [9.17, 15) is 4.79 Å². The molecule has 0 saturated carbocycles. The van der Waals surface area contributed by atoms with Gasteiger partial charge in [0.2, 0.25) is 5.91 Å². The number of H-pyrrole nitrogens is 1. The Morgan fingerprint density at radius 1 is 1.20 bits per heavy atom. The largest absolute Gasteiger partial charge is 0.346 e. The lowest BCUT2D eigenvalue weighted by Crippen LogP contribution is -2.28. The fraction of sp³-hybridized carbons (Fsp3) is 0.300. The summed E-state index contributed by atoms with van der Waals surface area (Å²) in [7, 11) is 0. The van der Waals surface area contributed by atoms with Gasteiger partial charge in [-0.2, -0.15) is 0 Å². The third-order valence-electron chi connectivity index (χ3n) is 4.16. The van der Waals surface area contributed by atoms with Crippen molar-refractivity contribution in [1.82, 2.24) is 9.97 Å². The number of fused-ring (bicyclic) bond motifs is 1. The summed E-state index contributed by atoms with van der Waals surface area (Å²) in [5.41, 5.74) is 9.85. The van der Waals surface area contributed by atoms with Gasteiger partial charge in [-0.3, -0.25) is 4.79 Å². The van der Waals surface area contributed by atoms with Gasteiger partial charge < -0.3 is 16.0 Å². The maximum Gasteiger partial charge on any atom is 0.225 e. The van der Waals surface area contributed by atoms with Crippen molar-refractivity contribution in [2.75, 3.05) is 5.32 Å². The molecule has 2 heterocycles. The van der Waals surface area contributed by atoms with E-state index in [1.807, 2.05) is 42.6 Å². The molecule has 25 heavy (non-hydrogen) atoms. The molecular weight excluding hydrogens is 312 g/mol. The number of amides is 1. The van der Waals surface area contributed by atoms with Gasteiger partial charge in [0.15, 0.2) is 0 Å². The van der Waals surface area contributed by atoms with Crippen molar-refractivity contribution < 1.29 is 4.79 Å². The molecular formula is C20H24N4O. The molecule has 3 aromatic rings. The summed E-state index contributed by atoms with van der Waals surface area (Å²) >= 11 is 0. The van der Waals surface area contributed by atoms with Gasteiger partial charge in [-0.05, 0) is 47.7 Å². The number of hydrogen-bond acceptors (Lipinski definition) is 3. The number of nitrogens with two attached hydrogens (primary N) is 1. The monoisotopic (exact) mass is 336 g/mol. The third-order valence-corrected chi connectivity index (χ3v) is 4.16. The van der Waals surface area contributed by atoms with Crippen molar-refractivity contribution in [3.63, 3.8) is 0 Å². The van der Waals surface area contributed by atoms with Gasteiger partial charge in [-0.1, -0.05) is 26.0 Å². The first-order valence-electron chi connectivity index (χ1n) is 8.61. The minimum atomic E-state index is -0.0991. The van der Waals surface area contributed by atoms with Crippen molar-refractivity contribution in [2.45, 2.75) is 32.7 Å². The molecule has 0 unspecified atom stereocenters. The first-order chi connectivity index (χ1) is 12.0. The van der Waals surface area contributed by atoms with E-state index >= 15 is 0 Å². The molecule has 1 amide bonds. The Kier molecular flexibility index (Phi) is 5.14. The second-order valence-corrected chi connectivity index (χ2v) is 6.82. The van der Waals surface area contributed by atoms with E-state index < -0.39 is 0 Å². The van der Waals surface area contributed by atoms with E-state index in [4.69, 9.17) is 5.73 Å². The highest BCUT2D eigenvalue weighted by atomic mass is 16.1. The molecule has 130 valence electrons. The Labute approximate surface area is 147 Å². The van der Waals surface area contributed by atoms with Gasteiger partial charge in [-0.15, -0.1) is 0 Å². The average Bonchev–Trinajstić information content (AvgIpc) is 3.03. The molecule has 5 heteroatoms. The van der Waals surface area contributed by atoms with E-state index in [1.54, 1.807) is 6.20 Å². The average molecular weight is 336 g/mol. The van der Waals surface area contributed by atoms with Gasteiger partial charge in [0.05, 0.1) is 0 Å². The number of hydrogen-bond donors (Lipinski definition) is 3. The summed E-state index contributed by atoms with van der Waals surface area (Å²) < 4.78 is 0. The molecule has 3 rings (SSSR count). The van der Waals surface area contributed by atoms with Crippen LogP contribution in [0.15, 0.2) is 48.8 Å². The number of carbonyl (C=O) groups is 1. The summed E-state index contributed by atoms with van der Waals surface area (Å²) in [5.74, 6) is 0.450. The number of nitrogens with one attached hydrogen (secondary N) is 2. The van der Waals surface area contributed by atoms with Crippen LogP contribution in [0.25, 0.3) is 22.2 Å². The fourth-order valence-electron chi connectivity index (χ4n) is 3.08. The van der Waals surface area contributed by atoms with Crippen molar-refractivity contribution in [3.8, 4) is 11.1 Å². The van der Waals surface area contributed by atoms with Crippen LogP contribution in [0.1, 0.15) is 26.7 Å². The van der Waals surface area contributed by atoms with E-state index in [2.05, 4.69) is 29.1 Å². The van der Waals surface area contributed by atoms with Gasteiger partial charge in [0.25, 0.3) is 0 Å². The molecule has 0 aliphatic heterocycles. The van der Waals surface area contributed by atoms with E-state index in [0.29, 0.717) is 12.3 Å². The Morgan fingerprint density at radius 2 is 1.96 bits per heavy atom. The highest BCUT2D eigenvalue weighted by molar-refractivity contribution is 5.94. The fourth-order valence-corrected chi connectivity index (χ4v) is 3.08. The van der Waals surface area contributed by atoms with Gasteiger partial charge in [0.1, 0.15) is 5.65 Å². The Morgan fingerprint density at radius 3 is 2.68 bits per heavy atom. The number of carbonyl (C=O) groups excluding carboxylic acids is 1. The normalized spacial score (nSPS) is 12.5. The third kappa shape index (κ3) is 4.25. The van der Waals surface area contributed by atoms with Crippen LogP contribution in [0.3, 0.4) is 0 Å². The van der Waals surface area contributed by atoms with Gasteiger partial charge in [-0.25, -0.2) is 4.98 Å². The molecule has 0 saturated heterocycles. The molecule has 2 aromatic heterocycles. The SMILES string of the molecule is CC(C)C[C@@H](N)CC(=O)Nc1ccc(-c2ccnc3[nH]ccc23)cc1. The Balaban J connectivity index is 1.68. The molecule has 0 radical (unpaired) electrons. The number of nitrogens with zero attached hydrogens (tertiary/aromatic N) is 1. The smallest absolute Gasteiger partial charge is 0.225 e. The summed E-state index contributed by atoms with van der Waals surface area (Å²) in [6, 6.07) is 11.8. The van der Waals surface area contributed by atoms with Crippen molar-refractivity contribution in [1.29, 1.82) is 0 Å². The van der Waals surface area contributed by atoms with Crippen LogP contribution in [0.5, 0.6) is 0 Å². The van der Waals surface area contributed by atoms with Crippen LogP contribution in [0.2, 0.25) is 0 Å². The zero-order valence-electron chi connectivity index (χ0n) is 14.6. The van der Waals surface area contributed by atoms with Gasteiger partial charge in [0, 0.05) is 35.9 Å². The first-order valence-corrected chi connectivity index (χ1v) is 8.61. The predicted octanol–water partition coefficient (Wildman–Crippen LogP) is 3.93. The number of aromatic amines is 1. The molecule has 5 nitrogen and oxygen atoms in total. The number of rotatable bonds is 6. The summed E-state index contributed by atoms with van der Waals surface area (Å²) in [5, 5.41) is 4.00. The van der Waals surface area contributed by atoms with E-state index in [1.165, 1.54) is 0 Å². The van der Waals surface area contributed by atoms with Crippen LogP contribution < -0.4 is 11.1 Å². The quantitative estimate of drug-likeness (QED) is 0.637. The second-order valence-electron chi connectivity index (χ2n) is 6.82. The molecule has 0 aliphatic carbocycles. The molecule has 0 aliphatic rings. The Hall–Kier alpha value is -2.66. The summed E-state index contributed by atoms with van der Waals surface area (Å²) in [4.78, 5) is 19.5. The number of anilines is 1. The van der Waals surface area contributed by atoms with Crippen LogP contribution >= 0.6 is 0 Å². The maximum absolute atomic E-state index is 12.1. The van der Waals surface area contributed by atoms with Gasteiger partial charge >= 0.3 is 0 Å². The lowest BCUT2D eigenvalue weighted by Gasteiger charge is -2.14. The first kappa shape index (κ1) is 17.2. The topological polar surface area (TPSA) is 83.8 Å². The number of benzene rings is 1. The minimum Gasteiger partial charge on any atom is -0.346 e. The lowest BCUT2D eigenvalue weighted by atomic mass is 10.0. The standard InChI is InChI=1S/C20H24N4O/c1-13(2)11-15(21)12-19(25)24-16-5-3-14(4-6-16)17-7-9-22-20-18(17)8-10-23-20/h3-10,13,15H,11-12,21H2,1-2H3,(H,22,23)(H,24,25)/t15-/m1/s1. The highest BCUT2D eigenvalue weighted by Crippen LogP contribution is 2.27. The number of pyridine rings is 1. The molecule has 0 spiro atoms. The molecule has 1 aromatic carbocycles. The van der Waals surface area contributed by atoms with Crippen LogP contribution in [0, 0.1) is 5.92 Å². The zero-order chi connectivity index (χ0) is 17.8. The van der Waals surface area contributed by atoms with E-state index in [0.717, 1.165) is 34.3 Å². The second kappa shape index (κ2) is 7.49. The highest BCUT2D eigenvalue weighted by Gasteiger charge is 2.12. The van der Waals surface area contributed by atoms with Crippen LogP contribution in [-0.2, 0) is 4.79 Å². The van der Waals surface area contributed by atoms with E-state index in [-0.39, 0.29) is 11.9 Å². The maximum atomic E-state index is 12.1. The van der Waals surface area contributed by atoms with Crippen molar-refractivity contribution in [3.05, 3.63) is 48.8 Å². The zero-order valence-corrected chi connectivity index (χ0v) is 14.6. The molecule has 0 fully saturated rings. The predicted molar refractivity (Wildman–Crippen MR) is 102 cm³/mol. The van der Waals surface area contributed by atoms with Crippen molar-refractivity contribution in [2.24, 2.45) is 11.7 Å². The molecule has 0 bridgehead atoms. The summed E-state index contributed by atoms with van der Waals surface area (Å²) in [6.45, 7) is 4.22. The lowest BCUT2D eigenvalue weighted by molar-refractivity contribution is -0.116. The Bertz CT molecular complexity index is 852. The molecule has 1 atom stereocenters. The van der Waals surface area contributed by atoms with Crippen molar-refractivity contribution >= 4 is 22.6 Å².